The minimum absolute atomic E-state index is 0.115. The molecule has 2 heterocycles. The number of nitrogens with zero attached hydrogens (tertiary/aromatic N) is 4. The summed E-state index contributed by atoms with van der Waals surface area (Å²) in [5.74, 6) is 2.58. The summed E-state index contributed by atoms with van der Waals surface area (Å²) in [5.41, 5.74) is -0.115. The Bertz CT molecular complexity index is 613. The molecule has 2 saturated carbocycles. The molecule has 0 radical (unpaired) electrons. The molecular formula is C17H25BrN4O2. The summed E-state index contributed by atoms with van der Waals surface area (Å²) < 4.78 is 5.17. The number of rotatable bonds is 4. The minimum Gasteiger partial charge on any atom is -0.340 e. The van der Waals surface area contributed by atoms with Crippen LogP contribution in [0.15, 0.2) is 4.52 Å². The van der Waals surface area contributed by atoms with Crippen molar-refractivity contribution in [2.45, 2.75) is 50.4 Å². The van der Waals surface area contributed by atoms with Crippen LogP contribution in [-0.4, -0.2) is 56.9 Å². The van der Waals surface area contributed by atoms with Gasteiger partial charge in [-0.15, -0.1) is 0 Å². The number of carbonyl (C=O) groups excluding carboxylic acids is 1. The van der Waals surface area contributed by atoms with Gasteiger partial charge in [-0.2, -0.15) is 4.98 Å². The second-order valence-corrected chi connectivity index (χ2v) is 8.60. The van der Waals surface area contributed by atoms with Gasteiger partial charge in [-0.3, -0.25) is 9.69 Å². The third-order valence-corrected chi connectivity index (χ3v) is 7.30. The zero-order chi connectivity index (χ0) is 16.7. The van der Waals surface area contributed by atoms with Crippen molar-refractivity contribution in [3.8, 4) is 0 Å². The number of amides is 1. The van der Waals surface area contributed by atoms with Gasteiger partial charge in [-0.25, -0.2) is 0 Å². The number of hydrogen-bond acceptors (Lipinski definition) is 5. The molecule has 0 spiro atoms. The van der Waals surface area contributed by atoms with Crippen LogP contribution in [0.4, 0.5) is 0 Å². The van der Waals surface area contributed by atoms with E-state index in [0.717, 1.165) is 57.2 Å². The summed E-state index contributed by atoms with van der Waals surface area (Å²) in [4.78, 5) is 22.3. The van der Waals surface area contributed by atoms with Gasteiger partial charge in [0.05, 0.1) is 12.0 Å². The van der Waals surface area contributed by atoms with Crippen molar-refractivity contribution in [2.24, 2.45) is 11.3 Å². The molecule has 6 nitrogen and oxygen atoms in total. The van der Waals surface area contributed by atoms with Crippen molar-refractivity contribution in [3.63, 3.8) is 0 Å². The molecular weight excluding hydrogens is 372 g/mol. The zero-order valence-electron chi connectivity index (χ0n) is 14.2. The van der Waals surface area contributed by atoms with E-state index in [4.69, 9.17) is 4.52 Å². The van der Waals surface area contributed by atoms with Crippen molar-refractivity contribution in [1.82, 2.24) is 19.9 Å². The lowest BCUT2D eigenvalue weighted by Crippen LogP contribution is -2.53. The highest BCUT2D eigenvalue weighted by molar-refractivity contribution is 9.09. The Kier molecular flexibility index (Phi) is 4.41. The number of aryl methyl sites for hydroxylation is 1. The average molecular weight is 397 g/mol. The van der Waals surface area contributed by atoms with Gasteiger partial charge in [-0.1, -0.05) is 28.0 Å². The number of piperazine rings is 1. The summed E-state index contributed by atoms with van der Waals surface area (Å²) in [6.45, 7) is 6.10. The van der Waals surface area contributed by atoms with Crippen molar-refractivity contribution in [1.29, 1.82) is 0 Å². The molecule has 7 heteroatoms. The molecule has 1 aromatic rings. The van der Waals surface area contributed by atoms with Crippen LogP contribution in [0.2, 0.25) is 0 Å². The van der Waals surface area contributed by atoms with Crippen molar-refractivity contribution < 1.29 is 9.32 Å². The van der Waals surface area contributed by atoms with Crippen LogP contribution < -0.4 is 0 Å². The van der Waals surface area contributed by atoms with E-state index in [2.05, 4.69) is 35.9 Å². The first kappa shape index (κ1) is 16.5. The first-order valence-electron chi connectivity index (χ1n) is 9.08. The highest BCUT2D eigenvalue weighted by Crippen LogP contribution is 2.57. The fraction of sp³-hybridized carbons (Fsp3) is 0.824. The molecule has 3 atom stereocenters. The highest BCUT2D eigenvalue weighted by atomic mass is 79.9. The summed E-state index contributed by atoms with van der Waals surface area (Å²) in [7, 11) is 0. The maximum atomic E-state index is 13.1. The predicted octanol–water partition coefficient (Wildman–Crippen LogP) is 2.23. The third kappa shape index (κ3) is 2.79. The smallest absolute Gasteiger partial charge is 0.230 e. The van der Waals surface area contributed by atoms with E-state index in [1.807, 2.05) is 6.92 Å². The second kappa shape index (κ2) is 6.41. The molecule has 0 unspecified atom stereocenters. The van der Waals surface area contributed by atoms with Gasteiger partial charge >= 0.3 is 0 Å². The average Bonchev–Trinajstić information content (AvgIpc) is 3.29. The summed E-state index contributed by atoms with van der Waals surface area (Å²) in [6, 6.07) is 0. The van der Waals surface area contributed by atoms with Crippen LogP contribution in [0.1, 0.15) is 44.3 Å². The highest BCUT2D eigenvalue weighted by Gasteiger charge is 2.57. The topological polar surface area (TPSA) is 62.5 Å². The van der Waals surface area contributed by atoms with Crippen molar-refractivity contribution in [2.75, 3.05) is 26.2 Å². The van der Waals surface area contributed by atoms with Crippen LogP contribution in [0.3, 0.4) is 0 Å². The van der Waals surface area contributed by atoms with Crippen molar-refractivity contribution in [3.05, 3.63) is 11.7 Å². The molecule has 1 aromatic heterocycles. The van der Waals surface area contributed by atoms with E-state index in [1.54, 1.807) is 0 Å². The van der Waals surface area contributed by atoms with E-state index >= 15 is 0 Å². The van der Waals surface area contributed by atoms with Gasteiger partial charge in [0.1, 0.15) is 0 Å². The normalized spacial score (nSPS) is 33.3. The lowest BCUT2D eigenvalue weighted by atomic mass is 9.82. The van der Waals surface area contributed by atoms with Crippen LogP contribution in [0.25, 0.3) is 0 Å². The minimum atomic E-state index is -0.115. The number of carbonyl (C=O) groups is 1. The quantitative estimate of drug-likeness (QED) is 0.730. The second-order valence-electron chi connectivity index (χ2n) is 7.49. The largest absolute Gasteiger partial charge is 0.340 e. The Labute approximate surface area is 151 Å². The van der Waals surface area contributed by atoms with Gasteiger partial charge in [0, 0.05) is 37.4 Å². The third-order valence-electron chi connectivity index (χ3n) is 6.05. The van der Waals surface area contributed by atoms with Crippen molar-refractivity contribution >= 4 is 21.8 Å². The number of halogens is 1. The number of aromatic nitrogens is 2. The maximum absolute atomic E-state index is 13.1. The lowest BCUT2D eigenvalue weighted by Gasteiger charge is -2.40. The van der Waals surface area contributed by atoms with Gasteiger partial charge < -0.3 is 9.42 Å². The molecule has 0 N–H and O–H groups in total. The van der Waals surface area contributed by atoms with Crippen LogP contribution in [0, 0.1) is 11.3 Å². The summed E-state index contributed by atoms with van der Waals surface area (Å²) >= 11 is 3.80. The van der Waals surface area contributed by atoms with E-state index in [9.17, 15) is 4.79 Å². The molecule has 4 rings (SSSR count). The first-order chi connectivity index (χ1) is 11.6. The van der Waals surface area contributed by atoms with Gasteiger partial charge in [0.15, 0.2) is 5.82 Å². The fourth-order valence-electron chi connectivity index (χ4n) is 4.64. The molecule has 24 heavy (non-hydrogen) atoms. The Balaban J connectivity index is 1.33. The molecule has 3 aliphatic rings. The molecule has 2 aliphatic carbocycles. The van der Waals surface area contributed by atoms with E-state index in [1.165, 1.54) is 12.8 Å². The monoisotopic (exact) mass is 396 g/mol. The fourth-order valence-corrected chi connectivity index (χ4v) is 5.78. The molecule has 1 amide bonds. The molecule has 0 aromatic carbocycles. The number of alkyl halides is 1. The van der Waals surface area contributed by atoms with Gasteiger partial charge in [0.2, 0.25) is 11.8 Å². The Hall–Kier alpha value is -0.950. The summed E-state index contributed by atoms with van der Waals surface area (Å²) in [5, 5.41) is 4.02. The van der Waals surface area contributed by atoms with Crippen LogP contribution in [-0.2, 0) is 17.8 Å². The predicted molar refractivity (Wildman–Crippen MR) is 92.6 cm³/mol. The van der Waals surface area contributed by atoms with Crippen LogP contribution >= 0.6 is 15.9 Å². The Morgan fingerprint density at radius 3 is 2.75 bits per heavy atom. The Morgan fingerprint density at radius 1 is 1.38 bits per heavy atom. The molecule has 2 bridgehead atoms. The number of fused-ring (bicyclic) bond motifs is 2. The van der Waals surface area contributed by atoms with Crippen LogP contribution in [0.5, 0.6) is 0 Å². The molecule has 1 saturated heterocycles. The molecule has 1 aliphatic heterocycles. The molecule has 132 valence electrons. The SMILES string of the molecule is CCc1nc(CN2CCN(C(=O)[C@]34CC[C@@H](C[C@@H]3Br)C4)CC2)no1. The first-order valence-corrected chi connectivity index (χ1v) is 9.99. The lowest BCUT2D eigenvalue weighted by molar-refractivity contribution is -0.143. The van der Waals surface area contributed by atoms with E-state index in [-0.39, 0.29) is 5.41 Å². The van der Waals surface area contributed by atoms with Gasteiger partial charge in [0.25, 0.3) is 0 Å². The maximum Gasteiger partial charge on any atom is 0.230 e. The van der Waals surface area contributed by atoms with E-state index in [0.29, 0.717) is 23.2 Å². The van der Waals surface area contributed by atoms with E-state index < -0.39 is 0 Å². The zero-order valence-corrected chi connectivity index (χ0v) is 15.8. The van der Waals surface area contributed by atoms with Gasteiger partial charge in [-0.05, 0) is 31.6 Å². The molecule has 3 fully saturated rings. The standard InChI is InChI=1S/C17H25BrN4O2/c1-2-15-19-14(20-24-15)11-21-5-7-22(8-6-21)16(23)17-4-3-12(10-17)9-13(17)18/h12-13H,2-11H2,1H3/t12-,13-,17-/m0/s1. The summed E-state index contributed by atoms with van der Waals surface area (Å²) in [6.07, 6.45) is 5.32. The Morgan fingerprint density at radius 2 is 2.17 bits per heavy atom. The number of hydrogen-bond donors (Lipinski definition) is 0.